The van der Waals surface area contributed by atoms with Crippen molar-refractivity contribution >= 4 is 16.6 Å². The Kier molecular flexibility index (Phi) is 4.69. The molecule has 0 saturated heterocycles. The third-order valence-corrected chi connectivity index (χ3v) is 4.06. The molecular weight excluding hydrogens is 246 g/mol. The van der Waals surface area contributed by atoms with E-state index in [-0.39, 0.29) is 0 Å². The molecular formula is C13H21N3OS. The van der Waals surface area contributed by atoms with Crippen molar-refractivity contribution < 1.29 is 4.21 Å². The summed E-state index contributed by atoms with van der Waals surface area (Å²) in [5, 5.41) is 3.38. The number of nitrogens with zero attached hydrogens (tertiary/aromatic N) is 2. The summed E-state index contributed by atoms with van der Waals surface area (Å²) in [6, 6.07) is 0. The van der Waals surface area contributed by atoms with Gasteiger partial charge in [-0.2, -0.15) is 0 Å². The summed E-state index contributed by atoms with van der Waals surface area (Å²) in [5.74, 6) is 2.59. The highest BCUT2D eigenvalue weighted by Crippen LogP contribution is 2.25. The Morgan fingerprint density at radius 3 is 2.83 bits per heavy atom. The van der Waals surface area contributed by atoms with Crippen molar-refractivity contribution in [3.05, 3.63) is 17.1 Å². The number of aromatic nitrogens is 2. The first-order valence-corrected chi connectivity index (χ1v) is 8.30. The number of rotatable bonds is 5. The first-order chi connectivity index (χ1) is 8.66. The summed E-state index contributed by atoms with van der Waals surface area (Å²) in [7, 11) is -0.703. The normalized spacial score (nSPS) is 16.1. The fourth-order valence-electron chi connectivity index (χ4n) is 2.35. The first-order valence-electron chi connectivity index (χ1n) is 6.57. The second-order valence-corrected chi connectivity index (χ2v) is 6.36. The van der Waals surface area contributed by atoms with E-state index in [1.165, 1.54) is 24.1 Å². The van der Waals surface area contributed by atoms with Crippen LogP contribution in [0.4, 0.5) is 5.82 Å². The van der Waals surface area contributed by atoms with E-state index in [1.807, 2.05) is 6.92 Å². The summed E-state index contributed by atoms with van der Waals surface area (Å²) in [6.07, 6.45) is 7.28. The number of fused-ring (bicyclic) bond motifs is 1. The Bertz CT molecular complexity index is 448. The quantitative estimate of drug-likeness (QED) is 0.827. The number of hydrogen-bond donors (Lipinski definition) is 1. The average molecular weight is 267 g/mol. The van der Waals surface area contributed by atoms with Gasteiger partial charge in [0.1, 0.15) is 11.6 Å². The van der Waals surface area contributed by atoms with Gasteiger partial charge in [0, 0.05) is 40.6 Å². The highest BCUT2D eigenvalue weighted by molar-refractivity contribution is 7.84. The van der Waals surface area contributed by atoms with Crippen molar-refractivity contribution in [2.45, 2.75) is 39.0 Å². The van der Waals surface area contributed by atoms with Gasteiger partial charge in [0.05, 0.1) is 0 Å². The van der Waals surface area contributed by atoms with Crippen LogP contribution in [0.15, 0.2) is 0 Å². The molecule has 4 nitrogen and oxygen atoms in total. The molecule has 1 aliphatic carbocycles. The summed E-state index contributed by atoms with van der Waals surface area (Å²) in [6.45, 7) is 2.78. The molecule has 1 heterocycles. The molecule has 1 N–H and O–H groups in total. The van der Waals surface area contributed by atoms with Crippen LogP contribution < -0.4 is 5.32 Å². The molecule has 1 aliphatic rings. The second-order valence-electron chi connectivity index (χ2n) is 4.81. The zero-order chi connectivity index (χ0) is 13.0. The SMILES string of the molecule is Cc1nc2c(c(NCCCS(C)=O)n1)CCCC2. The van der Waals surface area contributed by atoms with Gasteiger partial charge in [0.25, 0.3) is 0 Å². The maximum atomic E-state index is 11.0. The molecule has 100 valence electrons. The molecule has 0 bridgehead atoms. The standard InChI is InChI=1S/C13H21N3OS/c1-10-15-12-7-4-3-6-11(12)13(16-10)14-8-5-9-18(2)17/h3-9H2,1-2H3,(H,14,15,16). The molecule has 0 amide bonds. The van der Waals surface area contributed by atoms with E-state index in [0.29, 0.717) is 0 Å². The van der Waals surface area contributed by atoms with E-state index in [0.717, 1.165) is 43.2 Å². The van der Waals surface area contributed by atoms with Crippen molar-refractivity contribution in [3.8, 4) is 0 Å². The molecule has 0 fully saturated rings. The minimum absolute atomic E-state index is 0.703. The molecule has 5 heteroatoms. The van der Waals surface area contributed by atoms with E-state index in [4.69, 9.17) is 0 Å². The third-order valence-electron chi connectivity index (χ3n) is 3.20. The van der Waals surface area contributed by atoms with Gasteiger partial charge in [0.2, 0.25) is 0 Å². The molecule has 18 heavy (non-hydrogen) atoms. The molecule has 0 aromatic carbocycles. The van der Waals surface area contributed by atoms with Crippen molar-refractivity contribution in [3.63, 3.8) is 0 Å². The Labute approximate surface area is 111 Å². The van der Waals surface area contributed by atoms with Gasteiger partial charge >= 0.3 is 0 Å². The van der Waals surface area contributed by atoms with Crippen LogP contribution in [0.3, 0.4) is 0 Å². The molecule has 2 rings (SSSR count). The lowest BCUT2D eigenvalue weighted by Gasteiger charge is -2.19. The smallest absolute Gasteiger partial charge is 0.133 e. The van der Waals surface area contributed by atoms with Crippen molar-refractivity contribution in [2.75, 3.05) is 23.9 Å². The molecule has 0 aliphatic heterocycles. The van der Waals surface area contributed by atoms with E-state index < -0.39 is 10.8 Å². The predicted octanol–water partition coefficient (Wildman–Crippen LogP) is 1.84. The van der Waals surface area contributed by atoms with Crippen LogP contribution in [0, 0.1) is 6.92 Å². The van der Waals surface area contributed by atoms with Gasteiger partial charge in [-0.15, -0.1) is 0 Å². The summed E-state index contributed by atoms with van der Waals surface area (Å²) < 4.78 is 11.0. The lowest BCUT2D eigenvalue weighted by molar-refractivity contribution is 0.659. The van der Waals surface area contributed by atoms with Crippen LogP contribution in [0.2, 0.25) is 0 Å². The molecule has 0 radical (unpaired) electrons. The second kappa shape index (κ2) is 6.27. The van der Waals surface area contributed by atoms with E-state index in [9.17, 15) is 4.21 Å². The van der Waals surface area contributed by atoms with E-state index >= 15 is 0 Å². The fraction of sp³-hybridized carbons (Fsp3) is 0.692. The minimum atomic E-state index is -0.703. The minimum Gasteiger partial charge on any atom is -0.370 e. The summed E-state index contributed by atoms with van der Waals surface area (Å²) in [4.78, 5) is 9.04. The zero-order valence-corrected chi connectivity index (χ0v) is 12.0. The van der Waals surface area contributed by atoms with Crippen molar-refractivity contribution in [1.29, 1.82) is 0 Å². The van der Waals surface area contributed by atoms with Gasteiger partial charge in [0.15, 0.2) is 0 Å². The molecule has 1 aromatic rings. The van der Waals surface area contributed by atoms with Crippen LogP contribution in [0.5, 0.6) is 0 Å². The number of hydrogen-bond acceptors (Lipinski definition) is 4. The number of anilines is 1. The molecule has 0 saturated carbocycles. The van der Waals surface area contributed by atoms with Gasteiger partial charge in [-0.25, -0.2) is 9.97 Å². The Balaban J connectivity index is 2.02. The Morgan fingerprint density at radius 2 is 2.06 bits per heavy atom. The van der Waals surface area contributed by atoms with Crippen LogP contribution in [0.1, 0.15) is 36.3 Å². The maximum Gasteiger partial charge on any atom is 0.133 e. The van der Waals surface area contributed by atoms with Crippen LogP contribution in [0.25, 0.3) is 0 Å². The Morgan fingerprint density at radius 1 is 1.28 bits per heavy atom. The number of nitrogens with one attached hydrogen (secondary N) is 1. The van der Waals surface area contributed by atoms with E-state index in [1.54, 1.807) is 6.26 Å². The maximum absolute atomic E-state index is 11.0. The van der Waals surface area contributed by atoms with Gasteiger partial charge in [-0.3, -0.25) is 4.21 Å². The summed E-state index contributed by atoms with van der Waals surface area (Å²) in [5.41, 5.74) is 2.51. The van der Waals surface area contributed by atoms with Crippen LogP contribution in [-0.2, 0) is 23.6 Å². The zero-order valence-electron chi connectivity index (χ0n) is 11.2. The molecule has 1 aromatic heterocycles. The predicted molar refractivity (Wildman–Crippen MR) is 75.5 cm³/mol. The van der Waals surface area contributed by atoms with Crippen molar-refractivity contribution in [2.24, 2.45) is 0 Å². The number of aryl methyl sites for hydroxylation is 2. The molecule has 0 spiro atoms. The van der Waals surface area contributed by atoms with Crippen molar-refractivity contribution in [1.82, 2.24) is 9.97 Å². The van der Waals surface area contributed by atoms with Crippen LogP contribution in [-0.4, -0.2) is 32.7 Å². The van der Waals surface area contributed by atoms with Gasteiger partial charge in [-0.1, -0.05) is 0 Å². The fourth-order valence-corrected chi connectivity index (χ4v) is 2.90. The lowest BCUT2D eigenvalue weighted by Crippen LogP contribution is -2.15. The van der Waals surface area contributed by atoms with Crippen LogP contribution >= 0.6 is 0 Å². The monoisotopic (exact) mass is 267 g/mol. The topological polar surface area (TPSA) is 54.9 Å². The van der Waals surface area contributed by atoms with Gasteiger partial charge in [-0.05, 0) is 39.0 Å². The molecule has 1 atom stereocenters. The summed E-state index contributed by atoms with van der Waals surface area (Å²) >= 11 is 0. The van der Waals surface area contributed by atoms with Gasteiger partial charge < -0.3 is 5.32 Å². The molecule has 1 unspecified atom stereocenters. The van der Waals surface area contributed by atoms with E-state index in [2.05, 4.69) is 15.3 Å². The highest BCUT2D eigenvalue weighted by atomic mass is 32.2. The first kappa shape index (κ1) is 13.5. The highest BCUT2D eigenvalue weighted by Gasteiger charge is 2.16. The Hall–Kier alpha value is -0.970. The lowest BCUT2D eigenvalue weighted by atomic mass is 9.96. The largest absolute Gasteiger partial charge is 0.370 e. The average Bonchev–Trinajstić information content (AvgIpc) is 2.34. The third kappa shape index (κ3) is 3.51.